The first-order valence-electron chi connectivity index (χ1n) is 9.78. The number of rotatable bonds is 4. The molecule has 0 amide bonds. The number of fused-ring (bicyclic) bond motifs is 3. The summed E-state index contributed by atoms with van der Waals surface area (Å²) in [7, 11) is 3.10. The van der Waals surface area contributed by atoms with Gasteiger partial charge < -0.3 is 8.98 Å². The molecule has 8 heteroatoms. The van der Waals surface area contributed by atoms with Gasteiger partial charge >= 0.3 is 5.69 Å². The van der Waals surface area contributed by atoms with Crippen LogP contribution >= 0.6 is 0 Å². The Kier molecular flexibility index (Phi) is 4.02. The number of aromatic nitrogens is 5. The van der Waals surface area contributed by atoms with Crippen LogP contribution in [-0.2, 0) is 27.1 Å². The van der Waals surface area contributed by atoms with E-state index in [9.17, 15) is 9.59 Å². The van der Waals surface area contributed by atoms with Gasteiger partial charge in [-0.25, -0.2) is 4.79 Å². The van der Waals surface area contributed by atoms with Crippen molar-refractivity contribution in [2.24, 2.45) is 14.1 Å². The summed E-state index contributed by atoms with van der Waals surface area (Å²) >= 11 is 0. The molecule has 0 aliphatic rings. The van der Waals surface area contributed by atoms with Crippen LogP contribution in [0, 0.1) is 0 Å². The third kappa shape index (κ3) is 2.57. The lowest BCUT2D eigenvalue weighted by Crippen LogP contribution is -2.37. The Balaban J connectivity index is 1.84. The molecule has 0 unspecified atom stereocenters. The Bertz CT molecular complexity index is 1500. The van der Waals surface area contributed by atoms with E-state index < -0.39 is 5.69 Å². The van der Waals surface area contributed by atoms with Crippen molar-refractivity contribution >= 4 is 16.9 Å². The number of hydrogen-bond acceptors (Lipinski definition) is 4. The number of furan rings is 1. The van der Waals surface area contributed by atoms with Crippen molar-refractivity contribution in [3.63, 3.8) is 0 Å². The van der Waals surface area contributed by atoms with Gasteiger partial charge in [-0.3, -0.25) is 18.3 Å². The van der Waals surface area contributed by atoms with Crippen molar-refractivity contribution in [3.8, 4) is 11.3 Å². The van der Waals surface area contributed by atoms with Gasteiger partial charge in [0.25, 0.3) is 5.56 Å². The Labute approximate surface area is 171 Å². The molecule has 4 aromatic heterocycles. The van der Waals surface area contributed by atoms with E-state index in [-0.39, 0.29) is 5.56 Å². The summed E-state index contributed by atoms with van der Waals surface area (Å²) in [6.45, 7) is 2.57. The lowest BCUT2D eigenvalue weighted by Gasteiger charge is -2.08. The standard InChI is InChI=1S/C22H21N5O3/c1-4-14-7-9-15(10-8-14)17-13-27-18-19(24(2)22(29)25(3)20(18)28)23-21(27)26(17)12-16-6-5-11-30-16/h5-11,13H,4,12H2,1-3H3. The maximum absolute atomic E-state index is 12.9. The summed E-state index contributed by atoms with van der Waals surface area (Å²) in [4.78, 5) is 29.9. The smallest absolute Gasteiger partial charge is 0.332 e. The van der Waals surface area contributed by atoms with Crippen molar-refractivity contribution in [3.05, 3.63) is 81.0 Å². The molecule has 0 N–H and O–H groups in total. The second-order valence-corrected chi connectivity index (χ2v) is 7.39. The molecule has 0 saturated carbocycles. The fourth-order valence-corrected chi connectivity index (χ4v) is 3.87. The van der Waals surface area contributed by atoms with Gasteiger partial charge in [0.2, 0.25) is 5.78 Å². The lowest BCUT2D eigenvalue weighted by atomic mass is 10.1. The average Bonchev–Trinajstić information content (AvgIpc) is 3.48. The molecule has 0 spiro atoms. The van der Waals surface area contributed by atoms with Crippen molar-refractivity contribution in [2.45, 2.75) is 19.9 Å². The molecule has 0 bridgehead atoms. The second-order valence-electron chi connectivity index (χ2n) is 7.39. The van der Waals surface area contributed by atoms with Crippen molar-refractivity contribution < 1.29 is 4.42 Å². The van der Waals surface area contributed by atoms with Crippen LogP contribution in [0.25, 0.3) is 28.2 Å². The van der Waals surface area contributed by atoms with Crippen LogP contribution in [0.1, 0.15) is 18.2 Å². The first-order chi connectivity index (χ1) is 14.5. The van der Waals surface area contributed by atoms with E-state index in [4.69, 9.17) is 4.42 Å². The van der Waals surface area contributed by atoms with E-state index in [0.29, 0.717) is 23.5 Å². The predicted molar refractivity (Wildman–Crippen MR) is 114 cm³/mol. The van der Waals surface area contributed by atoms with Gasteiger partial charge in [0, 0.05) is 20.3 Å². The second kappa shape index (κ2) is 6.62. The quantitative estimate of drug-likeness (QED) is 0.462. The van der Waals surface area contributed by atoms with Crippen molar-refractivity contribution in [1.29, 1.82) is 0 Å². The van der Waals surface area contributed by atoms with Crippen LogP contribution in [-0.4, -0.2) is 23.1 Å². The van der Waals surface area contributed by atoms with Crippen molar-refractivity contribution in [1.82, 2.24) is 23.1 Å². The monoisotopic (exact) mass is 403 g/mol. The molecule has 0 aliphatic heterocycles. The van der Waals surface area contributed by atoms with E-state index in [1.165, 1.54) is 17.2 Å². The van der Waals surface area contributed by atoms with Crippen LogP contribution in [0.15, 0.2) is 62.9 Å². The number of imidazole rings is 2. The van der Waals surface area contributed by atoms with Crippen LogP contribution in [0.2, 0.25) is 0 Å². The largest absolute Gasteiger partial charge is 0.467 e. The van der Waals surface area contributed by atoms with E-state index in [1.54, 1.807) is 17.7 Å². The minimum absolute atomic E-state index is 0.360. The zero-order chi connectivity index (χ0) is 21.0. The normalized spacial score (nSPS) is 11.7. The third-order valence-corrected chi connectivity index (χ3v) is 5.61. The molecule has 0 atom stereocenters. The first-order valence-corrected chi connectivity index (χ1v) is 9.78. The topological polar surface area (TPSA) is 79.4 Å². The van der Waals surface area contributed by atoms with E-state index in [2.05, 4.69) is 36.2 Å². The van der Waals surface area contributed by atoms with Gasteiger partial charge in [0.1, 0.15) is 5.76 Å². The molecule has 5 aromatic rings. The third-order valence-electron chi connectivity index (χ3n) is 5.61. The minimum Gasteiger partial charge on any atom is -0.467 e. The van der Waals surface area contributed by atoms with Gasteiger partial charge in [-0.05, 0) is 29.7 Å². The molecule has 0 radical (unpaired) electrons. The number of benzene rings is 1. The van der Waals surface area contributed by atoms with Gasteiger partial charge in [-0.2, -0.15) is 4.98 Å². The summed E-state index contributed by atoms with van der Waals surface area (Å²) in [5.74, 6) is 1.35. The van der Waals surface area contributed by atoms with Gasteiger partial charge in [-0.1, -0.05) is 31.2 Å². The van der Waals surface area contributed by atoms with E-state index in [1.807, 2.05) is 22.9 Å². The average molecular weight is 403 g/mol. The summed E-state index contributed by atoms with van der Waals surface area (Å²) in [6, 6.07) is 12.1. The van der Waals surface area contributed by atoms with Gasteiger partial charge in [0.05, 0.1) is 18.5 Å². The maximum Gasteiger partial charge on any atom is 0.332 e. The van der Waals surface area contributed by atoms with Crippen LogP contribution in [0.3, 0.4) is 0 Å². The van der Waals surface area contributed by atoms with Crippen LogP contribution in [0.5, 0.6) is 0 Å². The SMILES string of the molecule is CCc1ccc(-c2cn3c4c(=O)n(C)c(=O)n(C)c4nc3n2Cc2ccco2)cc1. The first kappa shape index (κ1) is 18.2. The molecule has 8 nitrogen and oxygen atoms in total. The Morgan fingerprint density at radius 3 is 2.47 bits per heavy atom. The highest BCUT2D eigenvalue weighted by atomic mass is 16.3. The summed E-state index contributed by atoms with van der Waals surface area (Å²) < 4.78 is 11.8. The van der Waals surface area contributed by atoms with E-state index >= 15 is 0 Å². The molecule has 0 fully saturated rings. The number of hydrogen-bond donors (Lipinski definition) is 0. The lowest BCUT2D eigenvalue weighted by molar-refractivity contribution is 0.497. The number of nitrogens with zero attached hydrogens (tertiary/aromatic N) is 5. The molecule has 0 aliphatic carbocycles. The Morgan fingerprint density at radius 1 is 1.03 bits per heavy atom. The highest BCUT2D eigenvalue weighted by Crippen LogP contribution is 2.27. The highest BCUT2D eigenvalue weighted by molar-refractivity contribution is 5.78. The molecular weight excluding hydrogens is 382 g/mol. The number of aryl methyl sites for hydroxylation is 2. The maximum atomic E-state index is 12.9. The van der Waals surface area contributed by atoms with Crippen LogP contribution < -0.4 is 11.2 Å². The molecule has 5 rings (SSSR count). The Morgan fingerprint density at radius 2 is 1.80 bits per heavy atom. The minimum atomic E-state index is -0.402. The summed E-state index contributed by atoms with van der Waals surface area (Å²) in [6.07, 6.45) is 4.50. The van der Waals surface area contributed by atoms with Gasteiger partial charge in [-0.15, -0.1) is 0 Å². The molecule has 152 valence electrons. The zero-order valence-corrected chi connectivity index (χ0v) is 17.0. The Hall–Kier alpha value is -3.81. The zero-order valence-electron chi connectivity index (χ0n) is 17.0. The fourth-order valence-electron chi connectivity index (χ4n) is 3.87. The molecule has 4 heterocycles. The predicted octanol–water partition coefficient (Wildman–Crippen LogP) is 2.56. The molecular formula is C22H21N5O3. The van der Waals surface area contributed by atoms with Gasteiger partial charge in [0.15, 0.2) is 11.2 Å². The molecule has 1 aromatic carbocycles. The highest BCUT2D eigenvalue weighted by Gasteiger charge is 2.21. The van der Waals surface area contributed by atoms with Crippen molar-refractivity contribution in [2.75, 3.05) is 0 Å². The molecule has 0 saturated heterocycles. The summed E-state index contributed by atoms with van der Waals surface area (Å²) in [5, 5.41) is 0. The van der Waals surface area contributed by atoms with E-state index in [0.717, 1.165) is 28.0 Å². The fraction of sp³-hybridized carbons (Fsp3) is 0.227. The van der Waals surface area contributed by atoms with Crippen LogP contribution in [0.4, 0.5) is 0 Å². The molecule has 30 heavy (non-hydrogen) atoms. The summed E-state index contributed by atoms with van der Waals surface area (Å²) in [5.41, 5.74) is 3.14.